The fourth-order valence-corrected chi connectivity index (χ4v) is 3.99. The zero-order valence-electron chi connectivity index (χ0n) is 18.7. The van der Waals surface area contributed by atoms with Crippen LogP contribution in [0.3, 0.4) is 0 Å². The Bertz CT molecular complexity index is 1060. The number of amides is 2. The fourth-order valence-electron chi connectivity index (χ4n) is 3.99. The highest BCUT2D eigenvalue weighted by molar-refractivity contribution is 5.93. The molecule has 2 heterocycles. The standard InChI is InChI=1S/C23H29N5O5/c1-13(2)21(26-14(3)15-6-7-17-18(9-15)25-12-24-17)23(33)28-8-4-5-19(28)22(32)27-16(11-29)10-20(30)31/h6-7,9,11-13,16,19,21,26H,3-5,8,10H2,1-2H3,(H,24,25)(H,27,32)(H,30,31)/t16-,19?,21-/m0/s1. The molecule has 0 radical (unpaired) electrons. The second-order valence-electron chi connectivity index (χ2n) is 8.52. The number of aromatic nitrogens is 2. The minimum atomic E-state index is -1.19. The first-order valence-electron chi connectivity index (χ1n) is 10.9. The molecule has 0 saturated carbocycles. The van der Waals surface area contributed by atoms with Gasteiger partial charge in [-0.1, -0.05) is 26.5 Å². The van der Waals surface area contributed by atoms with E-state index in [4.69, 9.17) is 5.11 Å². The summed E-state index contributed by atoms with van der Waals surface area (Å²) in [6.45, 7) is 8.30. The van der Waals surface area contributed by atoms with E-state index in [0.717, 1.165) is 16.6 Å². The molecule has 0 aliphatic carbocycles. The number of hydrogen-bond donors (Lipinski definition) is 4. The Kier molecular flexibility index (Phi) is 7.47. The molecule has 1 aliphatic rings. The summed E-state index contributed by atoms with van der Waals surface area (Å²) in [7, 11) is 0. The third-order valence-corrected chi connectivity index (χ3v) is 5.76. The topological polar surface area (TPSA) is 144 Å². The number of nitrogens with zero attached hydrogens (tertiary/aromatic N) is 2. The minimum Gasteiger partial charge on any atom is -0.481 e. The second-order valence-corrected chi connectivity index (χ2v) is 8.52. The van der Waals surface area contributed by atoms with Gasteiger partial charge in [-0.25, -0.2) is 4.98 Å². The largest absolute Gasteiger partial charge is 0.481 e. The van der Waals surface area contributed by atoms with Crippen LogP contribution in [-0.2, 0) is 19.2 Å². The molecular weight excluding hydrogens is 426 g/mol. The maximum Gasteiger partial charge on any atom is 0.305 e. The van der Waals surface area contributed by atoms with Gasteiger partial charge in [0.1, 0.15) is 18.4 Å². The summed E-state index contributed by atoms with van der Waals surface area (Å²) in [6.07, 6.45) is 2.57. The average Bonchev–Trinajstić information content (AvgIpc) is 3.44. The minimum absolute atomic E-state index is 0.0934. The molecule has 4 N–H and O–H groups in total. The van der Waals surface area contributed by atoms with Gasteiger partial charge in [0.25, 0.3) is 0 Å². The van der Waals surface area contributed by atoms with Gasteiger partial charge in [-0.3, -0.25) is 14.4 Å². The number of carbonyl (C=O) groups is 4. The highest BCUT2D eigenvalue weighted by Crippen LogP contribution is 2.23. The van der Waals surface area contributed by atoms with Gasteiger partial charge in [0.2, 0.25) is 11.8 Å². The van der Waals surface area contributed by atoms with Gasteiger partial charge >= 0.3 is 5.97 Å². The van der Waals surface area contributed by atoms with Gasteiger partial charge in [0.05, 0.1) is 29.8 Å². The first-order chi connectivity index (χ1) is 15.7. The van der Waals surface area contributed by atoms with Crippen LogP contribution in [0.2, 0.25) is 0 Å². The highest BCUT2D eigenvalue weighted by Gasteiger charge is 2.38. The third kappa shape index (κ3) is 5.57. The number of carboxylic acids is 1. The Labute approximate surface area is 191 Å². The lowest BCUT2D eigenvalue weighted by Crippen LogP contribution is -2.55. The molecule has 2 aromatic rings. The van der Waals surface area contributed by atoms with Crippen molar-refractivity contribution in [3.63, 3.8) is 0 Å². The molecule has 0 spiro atoms. The summed E-state index contributed by atoms with van der Waals surface area (Å²) in [5.74, 6) is -2.05. The van der Waals surface area contributed by atoms with Crippen LogP contribution in [0.5, 0.6) is 0 Å². The van der Waals surface area contributed by atoms with Crippen molar-refractivity contribution in [2.75, 3.05) is 6.54 Å². The first-order valence-corrected chi connectivity index (χ1v) is 10.9. The van der Waals surface area contributed by atoms with E-state index >= 15 is 0 Å². The summed E-state index contributed by atoms with van der Waals surface area (Å²) < 4.78 is 0. The Morgan fingerprint density at radius 3 is 2.76 bits per heavy atom. The van der Waals surface area contributed by atoms with Crippen LogP contribution < -0.4 is 10.6 Å². The molecule has 1 aromatic heterocycles. The van der Waals surface area contributed by atoms with Crippen molar-refractivity contribution in [3.05, 3.63) is 36.7 Å². The van der Waals surface area contributed by atoms with Crippen molar-refractivity contribution in [2.24, 2.45) is 5.92 Å². The number of benzene rings is 1. The van der Waals surface area contributed by atoms with Crippen LogP contribution in [0.1, 0.15) is 38.7 Å². The number of aldehydes is 1. The molecule has 2 amide bonds. The van der Waals surface area contributed by atoms with Gasteiger partial charge in [-0.2, -0.15) is 0 Å². The number of H-pyrrole nitrogens is 1. The van der Waals surface area contributed by atoms with Gasteiger partial charge in [-0.05, 0) is 36.5 Å². The lowest BCUT2D eigenvalue weighted by Gasteiger charge is -2.32. The summed E-state index contributed by atoms with van der Waals surface area (Å²) in [5, 5.41) is 14.6. The van der Waals surface area contributed by atoms with Crippen molar-refractivity contribution in [2.45, 2.75) is 51.2 Å². The summed E-state index contributed by atoms with van der Waals surface area (Å²) in [6, 6.07) is 3.11. The molecule has 1 aliphatic heterocycles. The average molecular weight is 456 g/mol. The second kappa shape index (κ2) is 10.3. The van der Waals surface area contributed by atoms with Crippen LogP contribution in [-0.4, -0.2) is 68.7 Å². The van der Waals surface area contributed by atoms with Crippen LogP contribution in [0, 0.1) is 5.92 Å². The molecule has 3 rings (SSSR count). The molecule has 1 fully saturated rings. The maximum atomic E-state index is 13.4. The van der Waals surface area contributed by atoms with E-state index in [-0.39, 0.29) is 11.8 Å². The Hall–Kier alpha value is -3.69. The number of carboxylic acid groups (broad SMARTS) is 1. The monoisotopic (exact) mass is 455 g/mol. The number of imidazole rings is 1. The van der Waals surface area contributed by atoms with Crippen molar-refractivity contribution in [1.82, 2.24) is 25.5 Å². The van der Waals surface area contributed by atoms with E-state index in [2.05, 4.69) is 27.2 Å². The molecule has 10 heteroatoms. The predicted molar refractivity (Wildman–Crippen MR) is 122 cm³/mol. The van der Waals surface area contributed by atoms with Gasteiger partial charge in [0.15, 0.2) is 0 Å². The van der Waals surface area contributed by atoms with E-state index < -0.39 is 36.4 Å². The normalized spacial score (nSPS) is 17.5. The molecule has 176 valence electrons. The summed E-state index contributed by atoms with van der Waals surface area (Å²) in [4.78, 5) is 57.0. The van der Waals surface area contributed by atoms with E-state index in [1.165, 1.54) is 4.90 Å². The molecule has 0 bridgehead atoms. The maximum absolute atomic E-state index is 13.4. The summed E-state index contributed by atoms with van der Waals surface area (Å²) >= 11 is 0. The van der Waals surface area contributed by atoms with Crippen molar-refractivity contribution < 1.29 is 24.3 Å². The zero-order valence-corrected chi connectivity index (χ0v) is 18.7. The predicted octanol–water partition coefficient (Wildman–Crippen LogP) is 1.30. The molecule has 1 aromatic carbocycles. The number of rotatable bonds is 10. The van der Waals surface area contributed by atoms with E-state index in [9.17, 15) is 19.2 Å². The highest BCUT2D eigenvalue weighted by atomic mass is 16.4. The van der Waals surface area contributed by atoms with E-state index in [1.54, 1.807) is 6.33 Å². The molecule has 1 saturated heterocycles. The van der Waals surface area contributed by atoms with Crippen molar-refractivity contribution in [1.29, 1.82) is 0 Å². The first kappa shape index (κ1) is 24.0. The summed E-state index contributed by atoms with van der Waals surface area (Å²) in [5.41, 5.74) is 3.06. The van der Waals surface area contributed by atoms with Crippen LogP contribution in [0.4, 0.5) is 0 Å². The Balaban J connectivity index is 1.72. The fraction of sp³-hybridized carbons (Fsp3) is 0.435. The molecular formula is C23H29N5O5. The molecule has 10 nitrogen and oxygen atoms in total. The smallest absolute Gasteiger partial charge is 0.305 e. The number of aliphatic carboxylic acids is 1. The number of fused-ring (bicyclic) bond motifs is 1. The third-order valence-electron chi connectivity index (χ3n) is 5.76. The Morgan fingerprint density at radius 2 is 2.09 bits per heavy atom. The lowest BCUT2D eigenvalue weighted by molar-refractivity contribution is -0.142. The SMILES string of the molecule is C=C(N[C@H](C(=O)N1CCCC1C(=O)N[C@H](C=O)CC(=O)O)C(C)C)c1ccc2nc[nH]c2c1. The van der Waals surface area contributed by atoms with Crippen molar-refractivity contribution in [3.8, 4) is 0 Å². The Morgan fingerprint density at radius 1 is 1.33 bits per heavy atom. The lowest BCUT2D eigenvalue weighted by atomic mass is 10.0. The van der Waals surface area contributed by atoms with Gasteiger partial charge in [-0.15, -0.1) is 0 Å². The quantitative estimate of drug-likeness (QED) is 0.395. The number of likely N-dealkylation sites (tertiary alicyclic amines) is 1. The molecule has 33 heavy (non-hydrogen) atoms. The number of aromatic amines is 1. The van der Waals surface area contributed by atoms with Gasteiger partial charge < -0.3 is 30.4 Å². The van der Waals surface area contributed by atoms with Crippen LogP contribution in [0.25, 0.3) is 16.7 Å². The zero-order chi connectivity index (χ0) is 24.1. The van der Waals surface area contributed by atoms with Crippen LogP contribution >= 0.6 is 0 Å². The number of carbonyl (C=O) groups excluding carboxylic acids is 3. The van der Waals surface area contributed by atoms with E-state index in [1.807, 2.05) is 32.0 Å². The molecule has 1 unspecified atom stereocenters. The van der Waals surface area contributed by atoms with Gasteiger partial charge in [0, 0.05) is 12.2 Å². The molecule has 3 atom stereocenters. The van der Waals surface area contributed by atoms with E-state index in [0.29, 0.717) is 31.4 Å². The number of hydrogen-bond acceptors (Lipinski definition) is 6. The van der Waals surface area contributed by atoms with Crippen molar-refractivity contribution >= 4 is 40.8 Å². The van der Waals surface area contributed by atoms with Crippen LogP contribution in [0.15, 0.2) is 31.1 Å². The number of nitrogens with one attached hydrogen (secondary N) is 3.